The summed E-state index contributed by atoms with van der Waals surface area (Å²) in [5.74, 6) is -0.406. The monoisotopic (exact) mass is 182 g/mol. The van der Waals surface area contributed by atoms with Crippen molar-refractivity contribution < 1.29 is 9.84 Å². The van der Waals surface area contributed by atoms with E-state index in [-0.39, 0.29) is 17.1 Å². The van der Waals surface area contributed by atoms with Crippen LogP contribution in [0.15, 0.2) is 22.5 Å². The number of hydrogen-bond donors (Lipinski definition) is 1. The van der Waals surface area contributed by atoms with Gasteiger partial charge in [0.1, 0.15) is 5.69 Å². The number of ether oxygens (including phenoxy) is 1. The molecule has 0 aromatic heterocycles. The van der Waals surface area contributed by atoms with E-state index in [0.29, 0.717) is 0 Å². The normalized spacial score (nSPS) is 9.31. The maximum atomic E-state index is 10.2. The molecule has 1 aromatic rings. The van der Waals surface area contributed by atoms with Crippen molar-refractivity contribution in [3.05, 3.63) is 21.9 Å². The average molecular weight is 182 g/mol. The molecule has 13 heavy (non-hydrogen) atoms. The van der Waals surface area contributed by atoms with Gasteiger partial charge in [0, 0.05) is 12.1 Å². The first-order valence-electron chi connectivity index (χ1n) is 3.30. The van der Waals surface area contributed by atoms with E-state index in [1.807, 2.05) is 0 Å². The van der Waals surface area contributed by atoms with Crippen LogP contribution in [0.2, 0.25) is 0 Å². The molecule has 0 amide bonds. The van der Waals surface area contributed by atoms with Crippen LogP contribution in [0.4, 0.5) is 11.4 Å². The number of nitrogens with zero attached hydrogens (tertiary/aromatic N) is 2. The molecule has 0 atom stereocenters. The first kappa shape index (κ1) is 9.11. The molecule has 0 aliphatic carbocycles. The molecular formula is C7H6N2O4. The Balaban J connectivity index is 3.36. The van der Waals surface area contributed by atoms with Gasteiger partial charge >= 0.3 is 0 Å². The molecule has 0 spiro atoms. The van der Waals surface area contributed by atoms with Gasteiger partial charge in [-0.2, -0.15) is 0 Å². The molecule has 0 heterocycles. The SMILES string of the molecule is COc1cc(N=O)cc(N=O)c1O. The number of aromatic hydroxyl groups is 1. The van der Waals surface area contributed by atoms with Crippen LogP contribution >= 0.6 is 0 Å². The first-order valence-corrected chi connectivity index (χ1v) is 3.30. The van der Waals surface area contributed by atoms with Gasteiger partial charge in [-0.05, 0) is 10.4 Å². The summed E-state index contributed by atoms with van der Waals surface area (Å²) in [6.07, 6.45) is 0. The molecule has 6 nitrogen and oxygen atoms in total. The van der Waals surface area contributed by atoms with Gasteiger partial charge in [-0.1, -0.05) is 0 Å². The molecular weight excluding hydrogens is 176 g/mol. The number of hydrogen-bond acceptors (Lipinski definition) is 6. The summed E-state index contributed by atoms with van der Waals surface area (Å²) in [6, 6.07) is 2.27. The summed E-state index contributed by atoms with van der Waals surface area (Å²) >= 11 is 0. The number of methoxy groups -OCH3 is 1. The van der Waals surface area contributed by atoms with E-state index in [1.165, 1.54) is 13.2 Å². The zero-order chi connectivity index (χ0) is 9.84. The molecule has 1 rings (SSSR count). The summed E-state index contributed by atoms with van der Waals surface area (Å²) in [5, 5.41) is 14.3. The van der Waals surface area contributed by atoms with E-state index < -0.39 is 5.75 Å². The van der Waals surface area contributed by atoms with Crippen LogP contribution in [0.5, 0.6) is 11.5 Å². The fraction of sp³-hybridized carbons (Fsp3) is 0.143. The van der Waals surface area contributed by atoms with Gasteiger partial charge in [-0.15, -0.1) is 9.81 Å². The van der Waals surface area contributed by atoms with Crippen molar-refractivity contribution in [2.45, 2.75) is 0 Å². The predicted octanol–water partition coefficient (Wildman–Crippen LogP) is 2.20. The third-order valence-corrected chi connectivity index (χ3v) is 1.46. The molecule has 6 heteroatoms. The standard InChI is InChI=1S/C7H6N2O4/c1-13-6-3-4(8-11)2-5(9-12)7(6)10/h2-3,10H,1H3. The van der Waals surface area contributed by atoms with Gasteiger partial charge in [0.25, 0.3) is 0 Å². The van der Waals surface area contributed by atoms with E-state index in [1.54, 1.807) is 0 Å². The minimum absolute atomic E-state index is 0.00769. The number of benzene rings is 1. The topological polar surface area (TPSA) is 88.3 Å². The van der Waals surface area contributed by atoms with Gasteiger partial charge in [0.2, 0.25) is 0 Å². The lowest BCUT2D eigenvalue weighted by Gasteiger charge is -2.03. The number of rotatable bonds is 3. The minimum atomic E-state index is -0.398. The quantitative estimate of drug-likeness (QED) is 0.725. The fourth-order valence-electron chi connectivity index (χ4n) is 0.857. The Morgan fingerprint density at radius 3 is 2.46 bits per heavy atom. The van der Waals surface area contributed by atoms with Gasteiger partial charge in [-0.25, -0.2) is 0 Å². The lowest BCUT2D eigenvalue weighted by Crippen LogP contribution is -1.83. The largest absolute Gasteiger partial charge is 0.503 e. The maximum absolute atomic E-state index is 10.2. The smallest absolute Gasteiger partial charge is 0.187 e. The zero-order valence-corrected chi connectivity index (χ0v) is 6.72. The Morgan fingerprint density at radius 1 is 1.31 bits per heavy atom. The lowest BCUT2D eigenvalue weighted by atomic mass is 10.2. The second-order valence-corrected chi connectivity index (χ2v) is 2.20. The highest BCUT2D eigenvalue weighted by Crippen LogP contribution is 2.39. The van der Waals surface area contributed by atoms with E-state index in [2.05, 4.69) is 15.1 Å². The highest BCUT2D eigenvalue weighted by Gasteiger charge is 2.11. The summed E-state index contributed by atoms with van der Waals surface area (Å²) in [5.41, 5.74) is -0.293. The second-order valence-electron chi connectivity index (χ2n) is 2.20. The molecule has 0 saturated heterocycles. The molecule has 0 aliphatic heterocycles. The van der Waals surface area contributed by atoms with Gasteiger partial charge in [0.05, 0.1) is 7.11 Å². The summed E-state index contributed by atoms with van der Waals surface area (Å²) < 4.78 is 4.68. The zero-order valence-electron chi connectivity index (χ0n) is 6.72. The van der Waals surface area contributed by atoms with E-state index in [9.17, 15) is 14.9 Å². The van der Waals surface area contributed by atoms with Crippen LogP contribution in [-0.4, -0.2) is 12.2 Å². The second kappa shape index (κ2) is 3.61. The van der Waals surface area contributed by atoms with Crippen molar-refractivity contribution in [3.63, 3.8) is 0 Å². The Hall–Kier alpha value is -1.98. The van der Waals surface area contributed by atoms with Crippen LogP contribution in [0.1, 0.15) is 0 Å². The summed E-state index contributed by atoms with van der Waals surface area (Å²) in [7, 11) is 1.29. The number of nitroso groups, excluding NO2 is 2. The molecule has 0 fully saturated rings. The molecule has 1 N–H and O–H groups in total. The number of phenolic OH excluding ortho intramolecular Hbond substituents is 1. The summed E-state index contributed by atoms with van der Waals surface area (Å²) in [6.45, 7) is 0. The maximum Gasteiger partial charge on any atom is 0.187 e. The molecule has 0 unspecified atom stereocenters. The average Bonchev–Trinajstić information content (AvgIpc) is 2.18. The Kier molecular flexibility index (Phi) is 2.53. The van der Waals surface area contributed by atoms with E-state index >= 15 is 0 Å². The molecule has 0 saturated carbocycles. The van der Waals surface area contributed by atoms with E-state index in [0.717, 1.165) is 6.07 Å². The third kappa shape index (κ3) is 1.61. The minimum Gasteiger partial charge on any atom is -0.503 e. The molecule has 0 radical (unpaired) electrons. The third-order valence-electron chi connectivity index (χ3n) is 1.46. The lowest BCUT2D eigenvalue weighted by molar-refractivity contribution is 0.374. The van der Waals surface area contributed by atoms with Crippen LogP contribution in [-0.2, 0) is 0 Å². The fourth-order valence-corrected chi connectivity index (χ4v) is 0.857. The van der Waals surface area contributed by atoms with Crippen molar-refractivity contribution >= 4 is 11.4 Å². The highest BCUT2D eigenvalue weighted by molar-refractivity contribution is 5.65. The number of phenols is 1. The van der Waals surface area contributed by atoms with Crippen molar-refractivity contribution in [2.24, 2.45) is 10.4 Å². The van der Waals surface area contributed by atoms with Crippen molar-refractivity contribution in [1.82, 2.24) is 0 Å². The van der Waals surface area contributed by atoms with Crippen molar-refractivity contribution in [2.75, 3.05) is 7.11 Å². The van der Waals surface area contributed by atoms with Crippen LogP contribution in [0, 0.1) is 9.81 Å². The molecule has 68 valence electrons. The highest BCUT2D eigenvalue weighted by atomic mass is 16.5. The van der Waals surface area contributed by atoms with Crippen LogP contribution in [0.3, 0.4) is 0 Å². The van der Waals surface area contributed by atoms with Crippen LogP contribution < -0.4 is 4.74 Å². The molecule has 0 bridgehead atoms. The van der Waals surface area contributed by atoms with E-state index in [4.69, 9.17) is 0 Å². The molecule has 1 aromatic carbocycles. The summed E-state index contributed by atoms with van der Waals surface area (Å²) in [4.78, 5) is 20.3. The van der Waals surface area contributed by atoms with Gasteiger partial charge in [-0.3, -0.25) is 0 Å². The Morgan fingerprint density at radius 2 is 2.00 bits per heavy atom. The van der Waals surface area contributed by atoms with Gasteiger partial charge < -0.3 is 9.84 Å². The van der Waals surface area contributed by atoms with Crippen molar-refractivity contribution in [3.8, 4) is 11.5 Å². The van der Waals surface area contributed by atoms with Crippen molar-refractivity contribution in [1.29, 1.82) is 0 Å². The Bertz CT molecular complexity index is 351. The first-order chi connectivity index (χ1) is 6.22. The Labute approximate surface area is 73.1 Å². The predicted molar refractivity (Wildman–Crippen MR) is 45.6 cm³/mol. The van der Waals surface area contributed by atoms with Gasteiger partial charge in [0.15, 0.2) is 17.2 Å². The molecule has 0 aliphatic rings. The van der Waals surface area contributed by atoms with Crippen LogP contribution in [0.25, 0.3) is 0 Å².